The lowest BCUT2D eigenvalue weighted by Gasteiger charge is -2.47. The molecule has 2 heteroatoms. The van der Waals surface area contributed by atoms with Crippen LogP contribution in [0.25, 0.3) is 0 Å². The standard InChI is InChI=1S/C15H30N2/c1-3-7-14(8-6-11-16-12-14)13-17-15(4-2)9-5-10-15/h16-17H,3-13H2,1-2H3. The van der Waals surface area contributed by atoms with Gasteiger partial charge in [0.1, 0.15) is 0 Å². The van der Waals surface area contributed by atoms with E-state index in [1.807, 2.05) is 0 Å². The van der Waals surface area contributed by atoms with Gasteiger partial charge in [0, 0.05) is 18.6 Å². The first kappa shape index (κ1) is 13.4. The maximum absolute atomic E-state index is 3.94. The fourth-order valence-corrected chi connectivity index (χ4v) is 3.65. The molecule has 1 unspecified atom stereocenters. The van der Waals surface area contributed by atoms with Crippen LogP contribution in [0.3, 0.4) is 0 Å². The largest absolute Gasteiger partial charge is 0.316 e. The van der Waals surface area contributed by atoms with Crippen LogP contribution < -0.4 is 10.6 Å². The molecular weight excluding hydrogens is 208 g/mol. The van der Waals surface area contributed by atoms with E-state index in [0.717, 1.165) is 0 Å². The second kappa shape index (κ2) is 5.71. The van der Waals surface area contributed by atoms with Crippen LogP contribution in [0.5, 0.6) is 0 Å². The van der Waals surface area contributed by atoms with E-state index in [2.05, 4.69) is 24.5 Å². The highest BCUT2D eigenvalue weighted by Gasteiger charge is 2.38. The zero-order chi connectivity index (χ0) is 12.2. The molecule has 2 fully saturated rings. The molecule has 0 bridgehead atoms. The summed E-state index contributed by atoms with van der Waals surface area (Å²) >= 11 is 0. The van der Waals surface area contributed by atoms with E-state index in [1.165, 1.54) is 71.0 Å². The molecule has 0 spiro atoms. The van der Waals surface area contributed by atoms with Gasteiger partial charge in [0.25, 0.3) is 0 Å². The van der Waals surface area contributed by atoms with Crippen LogP contribution in [-0.2, 0) is 0 Å². The molecule has 1 aliphatic carbocycles. The van der Waals surface area contributed by atoms with Gasteiger partial charge in [0.15, 0.2) is 0 Å². The molecule has 0 aromatic heterocycles. The van der Waals surface area contributed by atoms with Crippen LogP contribution in [0.1, 0.15) is 65.2 Å². The average molecular weight is 238 g/mol. The summed E-state index contributed by atoms with van der Waals surface area (Å²) in [5, 5.41) is 7.55. The van der Waals surface area contributed by atoms with E-state index in [9.17, 15) is 0 Å². The fourth-order valence-electron chi connectivity index (χ4n) is 3.65. The van der Waals surface area contributed by atoms with Crippen LogP contribution in [0.15, 0.2) is 0 Å². The van der Waals surface area contributed by atoms with E-state index in [-0.39, 0.29) is 0 Å². The second-order valence-corrected chi connectivity index (χ2v) is 6.37. The normalized spacial score (nSPS) is 32.1. The first-order chi connectivity index (χ1) is 8.24. The second-order valence-electron chi connectivity index (χ2n) is 6.37. The summed E-state index contributed by atoms with van der Waals surface area (Å²) in [6, 6.07) is 0. The number of piperidine rings is 1. The predicted octanol–water partition coefficient (Wildman–Crippen LogP) is 3.08. The number of nitrogens with one attached hydrogen (secondary N) is 2. The van der Waals surface area contributed by atoms with Crippen LogP contribution in [-0.4, -0.2) is 25.2 Å². The van der Waals surface area contributed by atoms with Gasteiger partial charge in [-0.3, -0.25) is 0 Å². The zero-order valence-corrected chi connectivity index (χ0v) is 11.8. The smallest absolute Gasteiger partial charge is 0.0179 e. The topological polar surface area (TPSA) is 24.1 Å². The Morgan fingerprint density at radius 2 is 1.94 bits per heavy atom. The number of hydrogen-bond acceptors (Lipinski definition) is 2. The van der Waals surface area contributed by atoms with Crippen LogP contribution in [0, 0.1) is 5.41 Å². The van der Waals surface area contributed by atoms with Gasteiger partial charge < -0.3 is 10.6 Å². The Morgan fingerprint density at radius 1 is 1.12 bits per heavy atom. The van der Waals surface area contributed by atoms with Crippen molar-refractivity contribution in [2.24, 2.45) is 5.41 Å². The summed E-state index contributed by atoms with van der Waals surface area (Å²) in [5.41, 5.74) is 1.06. The molecular formula is C15H30N2. The molecule has 2 aliphatic rings. The van der Waals surface area contributed by atoms with Crippen molar-refractivity contribution in [1.29, 1.82) is 0 Å². The minimum absolute atomic E-state index is 0.512. The van der Waals surface area contributed by atoms with Gasteiger partial charge >= 0.3 is 0 Å². The first-order valence-electron chi connectivity index (χ1n) is 7.70. The first-order valence-corrected chi connectivity index (χ1v) is 7.70. The third-order valence-corrected chi connectivity index (χ3v) is 5.17. The molecule has 1 saturated carbocycles. The van der Waals surface area contributed by atoms with Crippen molar-refractivity contribution in [2.45, 2.75) is 70.8 Å². The van der Waals surface area contributed by atoms with E-state index in [1.54, 1.807) is 0 Å². The summed E-state index contributed by atoms with van der Waals surface area (Å²) in [4.78, 5) is 0. The summed E-state index contributed by atoms with van der Waals surface area (Å²) in [6.07, 6.45) is 11.0. The molecule has 1 heterocycles. The minimum atomic E-state index is 0.512. The monoisotopic (exact) mass is 238 g/mol. The fraction of sp³-hybridized carbons (Fsp3) is 1.00. The highest BCUT2D eigenvalue weighted by Crippen LogP contribution is 2.37. The lowest BCUT2D eigenvalue weighted by Crippen LogP contribution is -2.56. The molecule has 2 rings (SSSR count). The van der Waals surface area contributed by atoms with E-state index in [4.69, 9.17) is 0 Å². The quantitative estimate of drug-likeness (QED) is 0.743. The Labute approximate surface area is 107 Å². The zero-order valence-electron chi connectivity index (χ0n) is 11.8. The highest BCUT2D eigenvalue weighted by molar-refractivity contribution is 4.97. The average Bonchev–Trinajstić information content (AvgIpc) is 2.30. The van der Waals surface area contributed by atoms with Gasteiger partial charge in [0.05, 0.1) is 0 Å². The molecule has 2 nitrogen and oxygen atoms in total. The molecule has 0 aromatic rings. The summed E-state index contributed by atoms with van der Waals surface area (Å²) in [5.74, 6) is 0. The Hall–Kier alpha value is -0.0800. The highest BCUT2D eigenvalue weighted by atomic mass is 15.0. The number of rotatable bonds is 6. The van der Waals surface area contributed by atoms with Crippen molar-refractivity contribution in [3.05, 3.63) is 0 Å². The molecule has 100 valence electrons. The van der Waals surface area contributed by atoms with Crippen molar-refractivity contribution in [1.82, 2.24) is 10.6 Å². The molecule has 17 heavy (non-hydrogen) atoms. The molecule has 0 amide bonds. The lowest BCUT2D eigenvalue weighted by molar-refractivity contribution is 0.116. The molecule has 1 aliphatic heterocycles. The van der Waals surface area contributed by atoms with Crippen LogP contribution in [0.4, 0.5) is 0 Å². The van der Waals surface area contributed by atoms with Crippen molar-refractivity contribution >= 4 is 0 Å². The van der Waals surface area contributed by atoms with E-state index in [0.29, 0.717) is 11.0 Å². The third kappa shape index (κ3) is 3.03. The van der Waals surface area contributed by atoms with Gasteiger partial charge in [-0.25, -0.2) is 0 Å². The SMILES string of the molecule is CCCC1(CNC2(CC)CCC2)CCCNC1. The molecule has 0 radical (unpaired) electrons. The maximum Gasteiger partial charge on any atom is 0.0179 e. The van der Waals surface area contributed by atoms with Gasteiger partial charge in [0.2, 0.25) is 0 Å². The van der Waals surface area contributed by atoms with Gasteiger partial charge in [-0.15, -0.1) is 0 Å². The summed E-state index contributed by atoms with van der Waals surface area (Å²) in [7, 11) is 0. The van der Waals surface area contributed by atoms with Crippen molar-refractivity contribution in [3.63, 3.8) is 0 Å². The maximum atomic E-state index is 3.94. The van der Waals surface area contributed by atoms with E-state index < -0.39 is 0 Å². The summed E-state index contributed by atoms with van der Waals surface area (Å²) in [6.45, 7) is 8.37. The van der Waals surface area contributed by atoms with Crippen molar-refractivity contribution in [3.8, 4) is 0 Å². The summed E-state index contributed by atoms with van der Waals surface area (Å²) < 4.78 is 0. The van der Waals surface area contributed by atoms with Crippen molar-refractivity contribution < 1.29 is 0 Å². The van der Waals surface area contributed by atoms with Crippen molar-refractivity contribution in [2.75, 3.05) is 19.6 Å². The molecule has 1 atom stereocenters. The number of hydrogen-bond donors (Lipinski definition) is 2. The lowest BCUT2D eigenvalue weighted by atomic mass is 9.72. The Kier molecular flexibility index (Phi) is 4.48. The Balaban J connectivity index is 1.88. The van der Waals surface area contributed by atoms with Crippen LogP contribution in [0.2, 0.25) is 0 Å². The Bertz CT molecular complexity index is 216. The molecule has 2 N–H and O–H groups in total. The van der Waals surface area contributed by atoms with Gasteiger partial charge in [-0.1, -0.05) is 20.3 Å². The predicted molar refractivity (Wildman–Crippen MR) is 74.3 cm³/mol. The Morgan fingerprint density at radius 3 is 2.41 bits per heavy atom. The molecule has 1 saturated heterocycles. The third-order valence-electron chi connectivity index (χ3n) is 5.17. The van der Waals surface area contributed by atoms with Crippen LogP contribution >= 0.6 is 0 Å². The van der Waals surface area contributed by atoms with Gasteiger partial charge in [-0.2, -0.15) is 0 Å². The van der Waals surface area contributed by atoms with E-state index >= 15 is 0 Å². The van der Waals surface area contributed by atoms with Gasteiger partial charge in [-0.05, 0) is 56.9 Å². The minimum Gasteiger partial charge on any atom is -0.316 e. The molecule has 0 aromatic carbocycles.